The fraction of sp³-hybridized carbons (Fsp3) is 0.0833. The summed E-state index contributed by atoms with van der Waals surface area (Å²) in [6.45, 7) is 0. The highest BCUT2D eigenvalue weighted by Crippen LogP contribution is 2.32. The lowest BCUT2D eigenvalue weighted by Crippen LogP contribution is -1.97. The van der Waals surface area contributed by atoms with Crippen LogP contribution in [0.25, 0.3) is 22.8 Å². The van der Waals surface area contributed by atoms with Crippen molar-refractivity contribution in [3.05, 3.63) is 33.7 Å². The summed E-state index contributed by atoms with van der Waals surface area (Å²) < 4.78 is 8.60. The maximum absolute atomic E-state index is 5.84. The number of hydrogen-bond donors (Lipinski definition) is 1. The molecule has 0 fully saturated rings. The van der Waals surface area contributed by atoms with Crippen molar-refractivity contribution in [2.75, 3.05) is 5.73 Å². The van der Waals surface area contributed by atoms with Crippen molar-refractivity contribution in [3.63, 3.8) is 0 Å². The molecular weight excluding hydrogens is 390 g/mol. The Morgan fingerprint density at radius 3 is 2.65 bits per heavy atom. The van der Waals surface area contributed by atoms with Crippen LogP contribution in [0.2, 0.25) is 0 Å². The van der Waals surface area contributed by atoms with E-state index in [4.69, 9.17) is 10.2 Å². The fourth-order valence-corrected chi connectivity index (χ4v) is 2.31. The highest BCUT2D eigenvalue weighted by molar-refractivity contribution is 9.13. The number of nitrogens with zero attached hydrogens (tertiary/aromatic N) is 4. The van der Waals surface area contributed by atoms with Crippen molar-refractivity contribution in [3.8, 4) is 22.8 Å². The van der Waals surface area contributed by atoms with Crippen molar-refractivity contribution in [1.29, 1.82) is 0 Å². The van der Waals surface area contributed by atoms with Gasteiger partial charge in [0.25, 0.3) is 0 Å². The fourth-order valence-electron chi connectivity index (χ4n) is 1.73. The molecule has 0 amide bonds. The van der Waals surface area contributed by atoms with Crippen LogP contribution >= 0.6 is 31.9 Å². The Kier molecular flexibility index (Phi) is 3.35. The van der Waals surface area contributed by atoms with Gasteiger partial charge in [-0.3, -0.25) is 4.68 Å². The topological polar surface area (TPSA) is 82.8 Å². The summed E-state index contributed by atoms with van der Waals surface area (Å²) in [5.41, 5.74) is 7.41. The predicted octanol–water partition coefficient (Wildman–Crippen LogP) is 3.24. The molecule has 8 heteroatoms. The van der Waals surface area contributed by atoms with E-state index in [1.165, 1.54) is 0 Å². The van der Waals surface area contributed by atoms with E-state index in [2.05, 4.69) is 46.9 Å². The van der Waals surface area contributed by atoms with Crippen LogP contribution in [-0.4, -0.2) is 19.7 Å². The Bertz CT molecular complexity index is 761. The molecule has 0 unspecified atom stereocenters. The summed E-state index contributed by atoms with van der Waals surface area (Å²) in [5.74, 6) is 1.33. The van der Waals surface area contributed by atoms with E-state index >= 15 is 0 Å². The highest BCUT2D eigenvalue weighted by atomic mass is 79.9. The molecule has 2 N–H and O–H groups in total. The smallest absolute Gasteiger partial charge is 0.198 e. The molecule has 20 heavy (non-hydrogen) atoms. The van der Waals surface area contributed by atoms with Crippen molar-refractivity contribution in [2.24, 2.45) is 7.05 Å². The molecule has 3 aromatic heterocycles. The first-order chi connectivity index (χ1) is 9.52. The van der Waals surface area contributed by atoms with Gasteiger partial charge in [0.15, 0.2) is 16.3 Å². The van der Waals surface area contributed by atoms with E-state index in [9.17, 15) is 0 Å². The number of anilines is 1. The quantitative estimate of drug-likeness (QED) is 0.716. The van der Waals surface area contributed by atoms with Gasteiger partial charge in [-0.25, -0.2) is 9.97 Å². The average molecular weight is 399 g/mol. The van der Waals surface area contributed by atoms with Crippen LogP contribution < -0.4 is 5.73 Å². The van der Waals surface area contributed by atoms with E-state index < -0.39 is 0 Å². The summed E-state index contributed by atoms with van der Waals surface area (Å²) in [6.07, 6.45) is 3.58. The molecule has 0 atom stereocenters. The first-order valence-electron chi connectivity index (χ1n) is 5.61. The normalized spacial score (nSPS) is 10.9. The van der Waals surface area contributed by atoms with E-state index in [1.54, 1.807) is 23.0 Å². The summed E-state index contributed by atoms with van der Waals surface area (Å²) in [6, 6.07) is 3.49. The van der Waals surface area contributed by atoms with Crippen LogP contribution in [-0.2, 0) is 7.05 Å². The summed E-state index contributed by atoms with van der Waals surface area (Å²) in [4.78, 5) is 8.66. The van der Waals surface area contributed by atoms with Gasteiger partial charge in [0.05, 0.1) is 16.4 Å². The Labute approximate surface area is 131 Å². The number of nitrogens with two attached hydrogens (primary N) is 1. The number of hydrogen-bond acceptors (Lipinski definition) is 5. The van der Waals surface area contributed by atoms with E-state index in [-0.39, 0.29) is 0 Å². The van der Waals surface area contributed by atoms with Crippen molar-refractivity contribution in [2.45, 2.75) is 0 Å². The van der Waals surface area contributed by atoms with Crippen molar-refractivity contribution in [1.82, 2.24) is 19.7 Å². The average Bonchev–Trinajstić information content (AvgIpc) is 2.96. The summed E-state index contributed by atoms with van der Waals surface area (Å²) in [7, 11) is 1.84. The molecule has 0 aliphatic heterocycles. The Morgan fingerprint density at radius 1 is 1.25 bits per heavy atom. The molecule has 0 bridgehead atoms. The molecule has 6 nitrogen and oxygen atoms in total. The predicted molar refractivity (Wildman–Crippen MR) is 81.7 cm³/mol. The zero-order valence-corrected chi connectivity index (χ0v) is 13.5. The minimum absolute atomic E-state index is 0.373. The molecule has 0 aliphatic rings. The van der Waals surface area contributed by atoms with Gasteiger partial charge in [0.1, 0.15) is 5.82 Å². The molecule has 0 aromatic carbocycles. The van der Waals surface area contributed by atoms with E-state index in [0.29, 0.717) is 27.8 Å². The minimum atomic E-state index is 0.373. The largest absolute Gasteiger partial charge is 0.445 e. The van der Waals surface area contributed by atoms with Gasteiger partial charge in [0, 0.05) is 30.9 Å². The molecule has 3 rings (SSSR count). The maximum atomic E-state index is 5.84. The summed E-state index contributed by atoms with van der Waals surface area (Å²) in [5, 5.41) is 4.12. The van der Waals surface area contributed by atoms with Crippen LogP contribution in [0.15, 0.2) is 38.1 Å². The van der Waals surface area contributed by atoms with Crippen molar-refractivity contribution < 1.29 is 4.42 Å². The molecule has 0 saturated carbocycles. The second kappa shape index (κ2) is 5.02. The minimum Gasteiger partial charge on any atom is -0.445 e. The van der Waals surface area contributed by atoms with Crippen LogP contribution in [0, 0.1) is 0 Å². The lowest BCUT2D eigenvalue weighted by atomic mass is 10.2. The van der Waals surface area contributed by atoms with Gasteiger partial charge in [-0.2, -0.15) is 5.10 Å². The number of aromatic nitrogens is 4. The van der Waals surface area contributed by atoms with Gasteiger partial charge < -0.3 is 10.2 Å². The third kappa shape index (κ3) is 2.48. The van der Waals surface area contributed by atoms with Gasteiger partial charge >= 0.3 is 0 Å². The van der Waals surface area contributed by atoms with Crippen molar-refractivity contribution >= 4 is 37.7 Å². The second-order valence-corrected chi connectivity index (χ2v) is 5.71. The molecule has 3 aromatic rings. The van der Waals surface area contributed by atoms with Crippen LogP contribution in [0.4, 0.5) is 5.82 Å². The summed E-state index contributed by atoms with van der Waals surface area (Å²) >= 11 is 6.64. The number of furan rings is 1. The number of aryl methyl sites for hydroxylation is 1. The lowest BCUT2D eigenvalue weighted by Gasteiger charge is -2.02. The Morgan fingerprint density at radius 2 is 2.05 bits per heavy atom. The molecule has 102 valence electrons. The first-order valence-corrected chi connectivity index (χ1v) is 7.20. The zero-order chi connectivity index (χ0) is 14.3. The molecular formula is C12H9Br2N5O. The third-order valence-corrected chi connectivity index (χ3v) is 4.32. The van der Waals surface area contributed by atoms with Gasteiger partial charge in [-0.1, -0.05) is 0 Å². The third-order valence-electron chi connectivity index (χ3n) is 2.61. The SMILES string of the molecule is Cn1cc(-c2cc(N)nc(-c3cc(Br)c(Br)o3)n2)cn1. The molecule has 3 heterocycles. The van der Waals surface area contributed by atoms with Gasteiger partial charge in [0.2, 0.25) is 0 Å². The highest BCUT2D eigenvalue weighted by Gasteiger charge is 2.14. The number of rotatable bonds is 2. The standard InChI is InChI=1S/C12H9Br2N5O/c1-19-5-6(4-16-19)8-3-10(15)18-12(17-8)9-2-7(13)11(14)20-9/h2-5H,1H3,(H2,15,17,18). The molecule has 0 saturated heterocycles. The monoisotopic (exact) mass is 397 g/mol. The first kappa shape index (κ1) is 13.3. The second-order valence-electron chi connectivity index (χ2n) is 4.14. The number of nitrogen functional groups attached to an aromatic ring is 1. The maximum Gasteiger partial charge on any atom is 0.198 e. The Hall–Kier alpha value is -1.67. The molecule has 0 spiro atoms. The lowest BCUT2D eigenvalue weighted by molar-refractivity contribution is 0.549. The zero-order valence-electron chi connectivity index (χ0n) is 10.3. The van der Waals surface area contributed by atoms with E-state index in [0.717, 1.165) is 10.0 Å². The van der Waals surface area contributed by atoms with Crippen LogP contribution in [0.5, 0.6) is 0 Å². The van der Waals surface area contributed by atoms with E-state index in [1.807, 2.05) is 13.2 Å². The molecule has 0 aliphatic carbocycles. The van der Waals surface area contributed by atoms with Gasteiger partial charge in [-0.15, -0.1) is 0 Å². The Balaban J connectivity index is 2.11. The molecule has 0 radical (unpaired) electrons. The van der Waals surface area contributed by atoms with Crippen LogP contribution in [0.3, 0.4) is 0 Å². The number of halogens is 2. The van der Waals surface area contributed by atoms with Gasteiger partial charge in [-0.05, 0) is 31.9 Å². The van der Waals surface area contributed by atoms with Crippen LogP contribution in [0.1, 0.15) is 0 Å².